The zero-order valence-electron chi connectivity index (χ0n) is 18.9. The van der Waals surface area contributed by atoms with E-state index in [4.69, 9.17) is 5.73 Å². The van der Waals surface area contributed by atoms with Crippen molar-refractivity contribution in [1.29, 1.82) is 0 Å². The fourth-order valence-electron chi connectivity index (χ4n) is 3.85. The number of H-pyrrole nitrogens is 1. The first-order valence-electron chi connectivity index (χ1n) is 10.5. The molecule has 5 heterocycles. The van der Waals surface area contributed by atoms with Gasteiger partial charge < -0.3 is 21.0 Å². The molecule has 192 valence electrons. The van der Waals surface area contributed by atoms with Gasteiger partial charge in [0.05, 0.1) is 22.4 Å². The van der Waals surface area contributed by atoms with E-state index in [1.165, 1.54) is 35.1 Å². The summed E-state index contributed by atoms with van der Waals surface area (Å²) >= 11 is 5.01. The number of aromatic nitrogens is 4. The molecule has 1 unspecified atom stereocenters. The molecule has 2 atom stereocenters. The van der Waals surface area contributed by atoms with Crippen LogP contribution >= 0.6 is 46.2 Å². The topological polar surface area (TPSA) is 189 Å². The van der Waals surface area contributed by atoms with E-state index in [1.807, 2.05) is 17.5 Å². The first-order valence-corrected chi connectivity index (χ1v) is 14.1. The number of hydrogen-bond donors (Lipinski definition) is 4. The monoisotopic (exact) mass is 578 g/mol. The van der Waals surface area contributed by atoms with E-state index >= 15 is 0 Å². The average molecular weight is 579 g/mol. The number of carboxylic acid groups (broad SMARTS) is 1. The van der Waals surface area contributed by atoms with Crippen LogP contribution in [0.2, 0.25) is 0 Å². The maximum atomic E-state index is 12.9. The third-order valence-electron chi connectivity index (χ3n) is 5.40. The highest BCUT2D eigenvalue weighted by Gasteiger charge is 2.56. The number of hydrogen-bond acceptors (Lipinski definition) is 13. The van der Waals surface area contributed by atoms with Gasteiger partial charge in [-0.15, -0.1) is 27.8 Å². The second kappa shape index (κ2) is 10.2. The molecular weight excluding hydrogens is 561 g/mol. The second-order valence-corrected chi connectivity index (χ2v) is 11.7. The maximum Gasteiger partial charge on any atom is 0.352 e. The summed E-state index contributed by atoms with van der Waals surface area (Å²) in [5.41, 5.74) is 6.26. The molecule has 5 N–H and O–H groups in total. The first kappa shape index (κ1) is 25.2. The first-order chi connectivity index (χ1) is 17.8. The van der Waals surface area contributed by atoms with Gasteiger partial charge in [0.15, 0.2) is 15.8 Å². The van der Waals surface area contributed by atoms with Crippen LogP contribution in [0.4, 0.5) is 5.13 Å². The van der Waals surface area contributed by atoms with E-state index in [1.54, 1.807) is 5.38 Å². The number of carbonyl (C=O) groups excluding carboxylic acids is 2. The van der Waals surface area contributed by atoms with E-state index in [0.29, 0.717) is 16.7 Å². The largest absolute Gasteiger partial charge is 0.477 e. The molecule has 1 fully saturated rings. The van der Waals surface area contributed by atoms with Crippen LogP contribution in [0.25, 0.3) is 10.7 Å². The Morgan fingerprint density at radius 1 is 1.46 bits per heavy atom. The summed E-state index contributed by atoms with van der Waals surface area (Å²) in [6.45, 7) is 0. The Kier molecular flexibility index (Phi) is 6.93. The lowest BCUT2D eigenvalue weighted by atomic mass is 9.98. The molecule has 0 saturated carbocycles. The van der Waals surface area contributed by atoms with Gasteiger partial charge in [0.2, 0.25) is 11.1 Å². The van der Waals surface area contributed by atoms with Crippen molar-refractivity contribution in [3.05, 3.63) is 39.9 Å². The Morgan fingerprint density at radius 2 is 2.30 bits per heavy atom. The van der Waals surface area contributed by atoms with Crippen LogP contribution < -0.4 is 11.1 Å². The van der Waals surface area contributed by atoms with E-state index in [0.717, 1.165) is 34.2 Å². The van der Waals surface area contributed by atoms with Gasteiger partial charge >= 0.3 is 5.97 Å². The molecular formula is C20H18N8O5S4. The van der Waals surface area contributed by atoms with Gasteiger partial charge in [-0.3, -0.25) is 19.6 Å². The van der Waals surface area contributed by atoms with Gasteiger partial charge in [0.1, 0.15) is 19.0 Å². The van der Waals surface area contributed by atoms with Gasteiger partial charge in [-0.25, -0.2) is 14.8 Å². The third kappa shape index (κ3) is 4.70. The van der Waals surface area contributed by atoms with Crippen LogP contribution in [-0.2, 0) is 24.1 Å². The minimum atomic E-state index is -1.46. The molecule has 0 aliphatic carbocycles. The number of carboxylic acids is 1. The third-order valence-corrected chi connectivity index (χ3v) is 9.38. The molecule has 2 aliphatic rings. The smallest absolute Gasteiger partial charge is 0.352 e. The molecule has 0 spiro atoms. The number of thiophene rings is 1. The number of aromatic amines is 1. The van der Waals surface area contributed by atoms with Crippen LogP contribution in [0.3, 0.4) is 0 Å². The van der Waals surface area contributed by atoms with Crippen molar-refractivity contribution in [2.75, 3.05) is 18.6 Å². The van der Waals surface area contributed by atoms with Crippen molar-refractivity contribution in [2.45, 2.75) is 21.8 Å². The highest BCUT2D eigenvalue weighted by atomic mass is 32.2. The Labute approximate surface area is 225 Å². The normalized spacial score (nSPS) is 21.2. The van der Waals surface area contributed by atoms with Crippen molar-refractivity contribution in [1.82, 2.24) is 30.4 Å². The zero-order valence-corrected chi connectivity index (χ0v) is 22.2. The summed E-state index contributed by atoms with van der Waals surface area (Å²) in [4.78, 5) is 52.0. The number of nitrogens with one attached hydrogen (secondary N) is 2. The van der Waals surface area contributed by atoms with Crippen LogP contribution in [0.1, 0.15) is 12.1 Å². The number of oxime groups is 1. The Hall–Kier alpha value is -3.41. The lowest BCUT2D eigenvalue weighted by Gasteiger charge is -2.51. The fraction of sp³-hybridized carbons (Fsp3) is 0.250. The number of thiazole rings is 1. The fourth-order valence-corrected chi connectivity index (χ4v) is 7.84. The van der Waals surface area contributed by atoms with Crippen LogP contribution in [0.15, 0.2) is 44.5 Å². The number of nitrogen functional groups attached to an aromatic ring is 1. The predicted molar refractivity (Wildman–Crippen MR) is 140 cm³/mol. The number of nitrogens with two attached hydrogens (primary N) is 1. The molecule has 5 rings (SSSR count). The highest BCUT2D eigenvalue weighted by molar-refractivity contribution is 8.01. The number of rotatable bonds is 9. The van der Waals surface area contributed by atoms with E-state index in [9.17, 15) is 19.5 Å². The van der Waals surface area contributed by atoms with Gasteiger partial charge in [-0.2, -0.15) is 0 Å². The number of thioether (sulfide) groups is 2. The van der Waals surface area contributed by atoms with E-state index in [2.05, 4.69) is 35.5 Å². The number of amides is 2. The highest BCUT2D eigenvalue weighted by Crippen LogP contribution is 2.55. The molecule has 1 saturated heterocycles. The number of aliphatic carboxylic acids is 1. The van der Waals surface area contributed by atoms with Gasteiger partial charge in [-0.05, 0) is 11.4 Å². The molecule has 0 aromatic carbocycles. The quantitative estimate of drug-likeness (QED) is 0.126. The second-order valence-electron chi connectivity index (χ2n) is 7.56. The Balaban J connectivity index is 1.59. The van der Waals surface area contributed by atoms with Crippen molar-refractivity contribution in [3.8, 4) is 10.7 Å². The van der Waals surface area contributed by atoms with Crippen LogP contribution in [0.5, 0.6) is 0 Å². The molecule has 3 aromatic rings. The van der Waals surface area contributed by atoms with Gasteiger partial charge in [0, 0.05) is 16.7 Å². The summed E-state index contributed by atoms with van der Waals surface area (Å²) < 4.78 is 0. The molecule has 0 radical (unpaired) electrons. The summed E-state index contributed by atoms with van der Waals surface area (Å²) in [6.07, 6.45) is 1.04. The molecule has 13 nitrogen and oxygen atoms in total. The summed E-state index contributed by atoms with van der Waals surface area (Å²) in [5, 5.41) is 27.3. The van der Waals surface area contributed by atoms with Crippen LogP contribution in [0, 0.1) is 0 Å². The minimum Gasteiger partial charge on any atom is -0.477 e. The lowest BCUT2D eigenvalue weighted by molar-refractivity contribution is -0.146. The number of nitrogens with zero attached hydrogens (tertiary/aromatic N) is 5. The number of fused-ring (bicyclic) bond motifs is 1. The van der Waals surface area contributed by atoms with Crippen molar-refractivity contribution < 1.29 is 24.3 Å². The SMILES string of the molecule is CON=CC(=O)NC1(c2csc(N)n2)S[C@H]2CC(=O)N2C(C(=O)O)=C1CSc1n[nH]c(-c2cccs2)n1. The predicted octanol–water partition coefficient (Wildman–Crippen LogP) is 1.91. The number of β-lactam (4-membered cyclic amide) rings is 1. The molecule has 37 heavy (non-hydrogen) atoms. The number of anilines is 1. The summed E-state index contributed by atoms with van der Waals surface area (Å²) in [6, 6.07) is 3.79. The van der Waals surface area contributed by atoms with Gasteiger partial charge in [0.25, 0.3) is 5.91 Å². The molecule has 3 aromatic heterocycles. The zero-order chi connectivity index (χ0) is 26.2. The molecule has 2 aliphatic heterocycles. The van der Waals surface area contributed by atoms with E-state index < -0.39 is 22.1 Å². The van der Waals surface area contributed by atoms with E-state index in [-0.39, 0.29) is 34.5 Å². The summed E-state index contributed by atoms with van der Waals surface area (Å²) in [5.74, 6) is -1.69. The van der Waals surface area contributed by atoms with Crippen LogP contribution in [-0.4, -0.2) is 72.4 Å². The van der Waals surface area contributed by atoms with Crippen molar-refractivity contribution in [3.63, 3.8) is 0 Å². The Bertz CT molecular complexity index is 1420. The average Bonchev–Trinajstić information content (AvgIpc) is 3.63. The molecule has 17 heteroatoms. The molecule has 2 amide bonds. The summed E-state index contributed by atoms with van der Waals surface area (Å²) in [7, 11) is 1.29. The van der Waals surface area contributed by atoms with Gasteiger partial charge in [-0.1, -0.05) is 34.7 Å². The lowest BCUT2D eigenvalue weighted by Crippen LogP contribution is -2.61. The number of carbonyl (C=O) groups is 3. The minimum absolute atomic E-state index is 0.0198. The maximum absolute atomic E-state index is 12.9. The van der Waals surface area contributed by atoms with Crippen molar-refractivity contribution >= 4 is 75.3 Å². The van der Waals surface area contributed by atoms with Crippen molar-refractivity contribution in [2.24, 2.45) is 5.16 Å². The molecule has 0 bridgehead atoms. The standard InChI is InChI=1S/C20H18N8O5S4/c1-33-22-6-12(29)25-20(11-8-35-18(21)23-11)9(15(17(31)32)28-13(30)5-14(28)37-20)7-36-19-24-16(26-27-19)10-3-2-4-34-10/h2-4,6,8,14H,5,7H2,1H3,(H2,21,23)(H,25,29)(H,31,32)(H,24,26,27)/t14-,20?/m0/s1. The Morgan fingerprint density at radius 3 is 2.95 bits per heavy atom.